The van der Waals surface area contributed by atoms with E-state index in [2.05, 4.69) is 38.6 Å². The van der Waals surface area contributed by atoms with Gasteiger partial charge in [0.25, 0.3) is 0 Å². The fraction of sp³-hybridized carbons (Fsp3) is 0.154. The lowest BCUT2D eigenvalue weighted by Gasteiger charge is -1.90. The van der Waals surface area contributed by atoms with Crippen LogP contribution in [-0.2, 0) is 6.54 Å². The maximum absolute atomic E-state index is 4.34. The molecule has 0 spiro atoms. The topological polar surface area (TPSA) is 53.4 Å². The SMILES string of the molecule is Cc1ccsc1CN=Nc1nc2ccccc2[nH]1. The van der Waals surface area contributed by atoms with Gasteiger partial charge in [-0.2, -0.15) is 5.11 Å². The zero-order valence-corrected chi connectivity index (χ0v) is 10.7. The van der Waals surface area contributed by atoms with E-state index in [0.29, 0.717) is 12.5 Å². The van der Waals surface area contributed by atoms with Crippen LogP contribution in [-0.4, -0.2) is 9.97 Å². The van der Waals surface area contributed by atoms with Gasteiger partial charge in [0.1, 0.15) is 0 Å². The summed E-state index contributed by atoms with van der Waals surface area (Å²) >= 11 is 1.71. The molecule has 0 aliphatic heterocycles. The molecule has 2 aromatic heterocycles. The van der Waals surface area contributed by atoms with E-state index >= 15 is 0 Å². The Kier molecular flexibility index (Phi) is 2.90. The Labute approximate surface area is 108 Å². The van der Waals surface area contributed by atoms with Crippen molar-refractivity contribution in [2.45, 2.75) is 13.5 Å². The molecule has 1 N–H and O–H groups in total. The van der Waals surface area contributed by atoms with Crippen LogP contribution in [0.25, 0.3) is 11.0 Å². The van der Waals surface area contributed by atoms with Crippen molar-refractivity contribution < 1.29 is 0 Å². The number of H-pyrrole nitrogens is 1. The number of hydrogen-bond acceptors (Lipinski definition) is 4. The van der Waals surface area contributed by atoms with Crippen LogP contribution in [0.15, 0.2) is 45.9 Å². The molecule has 0 amide bonds. The maximum atomic E-state index is 4.34. The molecule has 0 aliphatic carbocycles. The molecule has 90 valence electrons. The fourth-order valence-corrected chi connectivity index (χ4v) is 2.54. The van der Waals surface area contributed by atoms with Crippen LogP contribution in [0.5, 0.6) is 0 Å². The second-order valence-corrected chi connectivity index (χ2v) is 5.00. The molecule has 18 heavy (non-hydrogen) atoms. The Bertz CT molecular complexity index is 663. The monoisotopic (exact) mass is 256 g/mol. The summed E-state index contributed by atoms with van der Waals surface area (Å²) < 4.78 is 0. The number of aryl methyl sites for hydroxylation is 1. The van der Waals surface area contributed by atoms with Gasteiger partial charge in [0, 0.05) is 4.88 Å². The van der Waals surface area contributed by atoms with Crippen molar-refractivity contribution in [2.24, 2.45) is 10.2 Å². The number of rotatable bonds is 3. The standard InChI is InChI=1S/C13H12N4S/c1-9-6-7-18-12(9)8-14-17-13-15-10-4-2-3-5-11(10)16-13/h2-7H,8H2,1H3,(H,15,16). The van der Waals surface area contributed by atoms with Gasteiger partial charge in [0.2, 0.25) is 5.95 Å². The molecular formula is C13H12N4S. The highest BCUT2D eigenvalue weighted by Crippen LogP contribution is 2.19. The Balaban J connectivity index is 1.78. The Morgan fingerprint density at radius 2 is 2.17 bits per heavy atom. The van der Waals surface area contributed by atoms with Gasteiger partial charge < -0.3 is 4.98 Å². The third-order valence-electron chi connectivity index (χ3n) is 2.72. The van der Waals surface area contributed by atoms with Gasteiger partial charge >= 0.3 is 0 Å². The number of para-hydroxylation sites is 2. The molecule has 1 aromatic carbocycles. The van der Waals surface area contributed by atoms with Crippen molar-refractivity contribution in [3.05, 3.63) is 46.2 Å². The maximum Gasteiger partial charge on any atom is 0.247 e. The molecular weight excluding hydrogens is 244 g/mol. The zero-order chi connectivity index (χ0) is 12.4. The van der Waals surface area contributed by atoms with Crippen molar-refractivity contribution in [3.8, 4) is 0 Å². The van der Waals surface area contributed by atoms with Crippen LogP contribution in [0.2, 0.25) is 0 Å². The number of aromatic nitrogens is 2. The molecule has 0 fully saturated rings. The zero-order valence-electron chi connectivity index (χ0n) is 9.92. The fourth-order valence-electron chi connectivity index (χ4n) is 1.72. The molecule has 0 unspecified atom stereocenters. The Morgan fingerprint density at radius 3 is 2.94 bits per heavy atom. The predicted octanol–water partition coefficient (Wildman–Crippen LogP) is 4.22. The summed E-state index contributed by atoms with van der Waals surface area (Å²) in [6.45, 7) is 2.70. The number of nitrogens with zero attached hydrogens (tertiary/aromatic N) is 3. The van der Waals surface area contributed by atoms with E-state index in [9.17, 15) is 0 Å². The first-order valence-electron chi connectivity index (χ1n) is 5.68. The molecule has 3 rings (SSSR count). The predicted molar refractivity (Wildman–Crippen MR) is 73.4 cm³/mol. The van der Waals surface area contributed by atoms with Crippen LogP contribution in [0.1, 0.15) is 10.4 Å². The number of nitrogens with one attached hydrogen (secondary N) is 1. The van der Waals surface area contributed by atoms with E-state index in [1.807, 2.05) is 24.3 Å². The lowest BCUT2D eigenvalue weighted by atomic mass is 10.3. The van der Waals surface area contributed by atoms with Crippen molar-refractivity contribution in [3.63, 3.8) is 0 Å². The molecule has 0 atom stereocenters. The average molecular weight is 256 g/mol. The second kappa shape index (κ2) is 4.70. The van der Waals surface area contributed by atoms with E-state index in [1.165, 1.54) is 10.4 Å². The van der Waals surface area contributed by atoms with Gasteiger partial charge in [-0.3, -0.25) is 0 Å². The normalized spacial score (nSPS) is 11.6. The van der Waals surface area contributed by atoms with Crippen LogP contribution >= 0.6 is 11.3 Å². The molecule has 4 nitrogen and oxygen atoms in total. The second-order valence-electron chi connectivity index (χ2n) is 4.00. The number of thiophene rings is 1. The lowest BCUT2D eigenvalue weighted by Crippen LogP contribution is -1.77. The molecule has 5 heteroatoms. The molecule has 0 bridgehead atoms. The van der Waals surface area contributed by atoms with E-state index in [0.717, 1.165) is 11.0 Å². The minimum absolute atomic E-state index is 0.561. The third kappa shape index (κ3) is 2.17. The van der Waals surface area contributed by atoms with E-state index in [1.54, 1.807) is 11.3 Å². The van der Waals surface area contributed by atoms with Crippen LogP contribution < -0.4 is 0 Å². The summed E-state index contributed by atoms with van der Waals surface area (Å²) in [7, 11) is 0. The van der Waals surface area contributed by atoms with E-state index in [4.69, 9.17) is 0 Å². The highest BCUT2D eigenvalue weighted by Gasteiger charge is 2.00. The summed E-state index contributed by atoms with van der Waals surface area (Å²) in [4.78, 5) is 8.71. The molecule has 0 saturated heterocycles. The van der Waals surface area contributed by atoms with Gasteiger partial charge in [-0.15, -0.1) is 16.5 Å². The number of benzene rings is 1. The molecule has 3 aromatic rings. The van der Waals surface area contributed by atoms with E-state index in [-0.39, 0.29) is 0 Å². The molecule has 0 radical (unpaired) electrons. The van der Waals surface area contributed by atoms with Crippen LogP contribution in [0.4, 0.5) is 5.95 Å². The number of azo groups is 1. The van der Waals surface area contributed by atoms with Gasteiger partial charge in [0.05, 0.1) is 17.6 Å². The van der Waals surface area contributed by atoms with Crippen molar-refractivity contribution >= 4 is 28.3 Å². The minimum Gasteiger partial charge on any atom is -0.321 e. The summed E-state index contributed by atoms with van der Waals surface area (Å²) in [5.41, 5.74) is 3.17. The first kappa shape index (κ1) is 11.1. The molecule has 0 saturated carbocycles. The average Bonchev–Trinajstić information content (AvgIpc) is 2.96. The largest absolute Gasteiger partial charge is 0.321 e. The summed E-state index contributed by atoms with van der Waals surface area (Å²) in [6.07, 6.45) is 0. The number of hydrogen-bond donors (Lipinski definition) is 1. The minimum atomic E-state index is 0.561. The Hall–Kier alpha value is -2.01. The van der Waals surface area contributed by atoms with Crippen molar-refractivity contribution in [1.82, 2.24) is 9.97 Å². The smallest absolute Gasteiger partial charge is 0.247 e. The Morgan fingerprint density at radius 1 is 1.28 bits per heavy atom. The van der Waals surface area contributed by atoms with Gasteiger partial charge in [-0.05, 0) is 36.1 Å². The van der Waals surface area contributed by atoms with Gasteiger partial charge in [-0.25, -0.2) is 4.98 Å². The van der Waals surface area contributed by atoms with Gasteiger partial charge in [0.15, 0.2) is 0 Å². The van der Waals surface area contributed by atoms with Crippen molar-refractivity contribution in [2.75, 3.05) is 0 Å². The summed E-state index contributed by atoms with van der Waals surface area (Å²) in [5.74, 6) is 0.561. The number of aromatic amines is 1. The van der Waals surface area contributed by atoms with Crippen LogP contribution in [0.3, 0.4) is 0 Å². The lowest BCUT2D eigenvalue weighted by molar-refractivity contribution is 0.949. The quantitative estimate of drug-likeness (QED) is 0.701. The highest BCUT2D eigenvalue weighted by atomic mass is 32.1. The number of fused-ring (bicyclic) bond motifs is 1. The first-order valence-corrected chi connectivity index (χ1v) is 6.56. The van der Waals surface area contributed by atoms with Crippen LogP contribution in [0, 0.1) is 6.92 Å². The number of imidazole rings is 1. The first-order chi connectivity index (χ1) is 8.83. The van der Waals surface area contributed by atoms with E-state index < -0.39 is 0 Å². The highest BCUT2D eigenvalue weighted by molar-refractivity contribution is 7.10. The molecule has 0 aliphatic rings. The summed E-state index contributed by atoms with van der Waals surface area (Å²) in [5, 5.41) is 10.4. The molecule has 2 heterocycles. The third-order valence-corrected chi connectivity index (χ3v) is 3.73. The van der Waals surface area contributed by atoms with Gasteiger partial charge in [-0.1, -0.05) is 12.1 Å². The summed E-state index contributed by atoms with van der Waals surface area (Å²) in [6, 6.07) is 9.95. The van der Waals surface area contributed by atoms with Crippen molar-refractivity contribution in [1.29, 1.82) is 0 Å².